The Labute approximate surface area is 328 Å². The number of amides is 6. The number of rotatable bonds is 14. The number of thiophene rings is 1. The summed E-state index contributed by atoms with van der Waals surface area (Å²) in [5, 5.41) is 12.6. The highest BCUT2D eigenvalue weighted by molar-refractivity contribution is 7.10. The molecular weight excluding hydrogens is 725 g/mol. The first-order valence-electron chi connectivity index (χ1n) is 19.8. The molecule has 5 rings (SSSR count). The molecule has 6 atom stereocenters. The van der Waals surface area contributed by atoms with E-state index in [-0.39, 0.29) is 47.3 Å². The summed E-state index contributed by atoms with van der Waals surface area (Å²) in [6.07, 6.45) is 7.28. The molecule has 0 spiro atoms. The van der Waals surface area contributed by atoms with Crippen LogP contribution in [0.5, 0.6) is 0 Å². The molecular formula is C40H60N6O8S. The molecule has 1 aliphatic heterocycles. The Balaban J connectivity index is 1.31. The van der Waals surface area contributed by atoms with Gasteiger partial charge in [0.05, 0.1) is 12.6 Å². The summed E-state index contributed by atoms with van der Waals surface area (Å²) in [7, 11) is 3.16. The second kappa shape index (κ2) is 17.4. The number of likely N-dealkylation sites (N-methyl/N-ethyl adjacent to an activating group) is 1. The third-order valence-electron chi connectivity index (χ3n) is 11.3. The highest BCUT2D eigenvalue weighted by Crippen LogP contribution is 2.51. The summed E-state index contributed by atoms with van der Waals surface area (Å²) in [5.41, 5.74) is -0.816. The third kappa shape index (κ3) is 11.1. The van der Waals surface area contributed by atoms with Crippen molar-refractivity contribution in [2.45, 2.75) is 129 Å². The Bertz CT molecular complexity index is 1600. The topological polar surface area (TPSA) is 183 Å². The molecule has 304 valence electrons. The van der Waals surface area contributed by atoms with Crippen LogP contribution < -0.4 is 21.3 Å². The number of nitrogens with zero attached hydrogens (tertiary/aromatic N) is 2. The van der Waals surface area contributed by atoms with Gasteiger partial charge in [0.15, 0.2) is 0 Å². The summed E-state index contributed by atoms with van der Waals surface area (Å²) in [5.74, 6) is -3.78. The van der Waals surface area contributed by atoms with Gasteiger partial charge in [-0.25, -0.2) is 4.79 Å². The van der Waals surface area contributed by atoms with Crippen LogP contribution in [-0.2, 0) is 33.5 Å². The number of nitrogens with one attached hydrogen (secondary N) is 4. The zero-order chi connectivity index (χ0) is 40.2. The predicted octanol–water partition coefficient (Wildman–Crippen LogP) is 3.70. The van der Waals surface area contributed by atoms with E-state index in [1.165, 1.54) is 16.2 Å². The molecule has 0 bridgehead atoms. The number of ketones is 1. The molecule has 2 heterocycles. The molecule has 55 heavy (non-hydrogen) atoms. The number of hydrogen-bond acceptors (Lipinski definition) is 9. The molecule has 15 heteroatoms. The minimum absolute atomic E-state index is 0.0517. The van der Waals surface area contributed by atoms with Crippen molar-refractivity contribution < 1.29 is 38.3 Å². The smallest absolute Gasteiger partial charge is 0.408 e. The quantitative estimate of drug-likeness (QED) is 0.206. The van der Waals surface area contributed by atoms with Gasteiger partial charge >= 0.3 is 6.09 Å². The largest absolute Gasteiger partial charge is 0.444 e. The summed E-state index contributed by atoms with van der Waals surface area (Å²) in [4.78, 5) is 98.5. The Hall–Kier alpha value is -4.01. The molecule has 3 aliphatic carbocycles. The third-order valence-corrected chi connectivity index (χ3v) is 12.3. The number of fused-ring (bicyclic) bond motifs is 1. The van der Waals surface area contributed by atoms with Crippen LogP contribution in [-0.4, -0.2) is 102 Å². The van der Waals surface area contributed by atoms with E-state index in [9.17, 15) is 33.6 Å². The monoisotopic (exact) mass is 784 g/mol. The fourth-order valence-corrected chi connectivity index (χ4v) is 9.47. The summed E-state index contributed by atoms with van der Waals surface area (Å²) in [6.45, 7) is 9.40. The van der Waals surface area contributed by atoms with Crippen LogP contribution in [0.4, 0.5) is 4.79 Å². The van der Waals surface area contributed by atoms with Crippen molar-refractivity contribution in [2.75, 3.05) is 27.2 Å². The standard InChI is InChI=1S/C40H60N6O8S/c1-39(2,3)54-38(53)44-30(24-12-9-8-10-13-24)37(52)46-22-25-19-40(4,5)20-26(25)32(46)34(49)42-27(18-23-15-16-23)33(48)35(50)41-21-29(47)43-31(36(51)45(6)7)28-14-11-17-55-28/h11,14,17,23-27,30-32H,8-10,12-13,15-16,18-22H2,1-7H3,(H,41,50)(H,42,49)(H,43,47)(H,44,53)/t25-,26-,27?,30-,31-,32-/m0/s1. The van der Waals surface area contributed by atoms with Crippen LogP contribution in [0.1, 0.15) is 110 Å². The lowest BCUT2D eigenvalue weighted by Gasteiger charge is -2.36. The van der Waals surface area contributed by atoms with Gasteiger partial charge in [-0.15, -0.1) is 11.3 Å². The van der Waals surface area contributed by atoms with Crippen molar-refractivity contribution in [3.05, 3.63) is 22.4 Å². The minimum Gasteiger partial charge on any atom is -0.444 e. The van der Waals surface area contributed by atoms with Gasteiger partial charge in [0.2, 0.25) is 29.4 Å². The zero-order valence-corrected chi connectivity index (χ0v) is 34.2. The fraction of sp³-hybridized carbons (Fsp3) is 0.725. The second-order valence-electron chi connectivity index (χ2n) is 18.0. The summed E-state index contributed by atoms with van der Waals surface area (Å²) >= 11 is 1.31. The van der Waals surface area contributed by atoms with Gasteiger partial charge in [-0.2, -0.15) is 0 Å². The molecule has 1 aromatic rings. The summed E-state index contributed by atoms with van der Waals surface area (Å²) in [6, 6.07) is -0.372. The van der Waals surface area contributed by atoms with Crippen LogP contribution in [0, 0.1) is 29.1 Å². The van der Waals surface area contributed by atoms with E-state index < -0.39 is 65.9 Å². The number of ether oxygens (including phenoxy) is 1. The molecule has 6 amide bonds. The van der Waals surface area contributed by atoms with E-state index in [4.69, 9.17) is 4.74 Å². The van der Waals surface area contributed by atoms with Crippen molar-refractivity contribution in [1.82, 2.24) is 31.1 Å². The molecule has 0 radical (unpaired) electrons. The van der Waals surface area contributed by atoms with Crippen LogP contribution in [0.3, 0.4) is 0 Å². The van der Waals surface area contributed by atoms with E-state index in [1.807, 2.05) is 0 Å². The number of Topliss-reactive ketones (excluding diaryl/α,β-unsaturated/α-hetero) is 1. The van der Waals surface area contributed by atoms with E-state index in [0.29, 0.717) is 17.8 Å². The number of alkyl carbamates (subject to hydrolysis) is 1. The van der Waals surface area contributed by atoms with Gasteiger partial charge < -0.3 is 35.8 Å². The molecule has 1 aromatic heterocycles. The number of carbonyl (C=O) groups excluding carboxylic acids is 7. The van der Waals surface area contributed by atoms with Crippen molar-refractivity contribution in [1.29, 1.82) is 0 Å². The lowest BCUT2D eigenvalue weighted by atomic mass is 9.83. The lowest BCUT2D eigenvalue weighted by molar-refractivity contribution is -0.144. The number of carbonyl (C=O) groups is 7. The maximum atomic E-state index is 14.6. The van der Waals surface area contributed by atoms with Crippen LogP contribution in [0.25, 0.3) is 0 Å². The van der Waals surface area contributed by atoms with E-state index >= 15 is 0 Å². The van der Waals surface area contributed by atoms with Crippen LogP contribution in [0.15, 0.2) is 17.5 Å². The number of likely N-dealkylation sites (tertiary alicyclic amines) is 1. The minimum atomic E-state index is -1.16. The van der Waals surface area contributed by atoms with Crippen molar-refractivity contribution in [3.8, 4) is 0 Å². The summed E-state index contributed by atoms with van der Waals surface area (Å²) < 4.78 is 5.57. The van der Waals surface area contributed by atoms with E-state index in [2.05, 4.69) is 35.1 Å². The molecule has 4 aliphatic rings. The number of hydrogen-bond donors (Lipinski definition) is 4. The van der Waals surface area contributed by atoms with E-state index in [0.717, 1.165) is 51.4 Å². The van der Waals surface area contributed by atoms with Crippen molar-refractivity contribution in [3.63, 3.8) is 0 Å². The fourth-order valence-electron chi connectivity index (χ4n) is 8.70. The molecule has 1 saturated heterocycles. The molecule has 14 nitrogen and oxygen atoms in total. The Kier molecular flexibility index (Phi) is 13.3. The molecule has 4 fully saturated rings. The van der Waals surface area contributed by atoms with Crippen molar-refractivity contribution in [2.24, 2.45) is 29.1 Å². The predicted molar refractivity (Wildman–Crippen MR) is 206 cm³/mol. The SMILES string of the molecule is CN(C)C(=O)[C@@H](NC(=O)CNC(=O)C(=O)C(CC1CC1)NC(=O)[C@@H]1[C@H]2CC(C)(C)C[C@H]2CN1C(=O)[C@@H](NC(=O)OC(C)(C)C)C1CCCCC1)c1cccs1. The molecule has 4 N–H and O–H groups in total. The van der Waals surface area contributed by atoms with E-state index in [1.54, 1.807) is 57.3 Å². The van der Waals surface area contributed by atoms with Crippen LogP contribution in [0.2, 0.25) is 0 Å². The Morgan fingerprint density at radius 1 is 0.964 bits per heavy atom. The average molecular weight is 785 g/mol. The van der Waals surface area contributed by atoms with Crippen LogP contribution >= 0.6 is 11.3 Å². The highest BCUT2D eigenvalue weighted by Gasteiger charge is 2.55. The van der Waals surface area contributed by atoms with Crippen molar-refractivity contribution >= 4 is 52.7 Å². The lowest BCUT2D eigenvalue weighted by Crippen LogP contribution is -2.59. The molecule has 1 unspecified atom stereocenters. The first kappa shape index (κ1) is 42.1. The van der Waals surface area contributed by atoms with Gasteiger partial charge in [-0.05, 0) is 93.4 Å². The maximum Gasteiger partial charge on any atom is 0.408 e. The van der Waals surface area contributed by atoms with Gasteiger partial charge in [0, 0.05) is 25.5 Å². The first-order valence-corrected chi connectivity index (χ1v) is 20.7. The second-order valence-corrected chi connectivity index (χ2v) is 19.0. The normalized spacial score (nSPS) is 23.8. The Morgan fingerprint density at radius 2 is 1.65 bits per heavy atom. The van der Waals surface area contributed by atoms with Gasteiger partial charge in [0.25, 0.3) is 5.91 Å². The Morgan fingerprint density at radius 3 is 2.25 bits per heavy atom. The molecule has 3 saturated carbocycles. The first-order chi connectivity index (χ1) is 25.8. The molecule has 0 aromatic carbocycles. The zero-order valence-electron chi connectivity index (χ0n) is 33.4. The van der Waals surface area contributed by atoms with Gasteiger partial charge in [-0.3, -0.25) is 28.8 Å². The maximum absolute atomic E-state index is 14.6. The van der Waals surface area contributed by atoms with Gasteiger partial charge in [-0.1, -0.05) is 52.0 Å². The average Bonchev–Trinajstić information content (AvgIpc) is 3.48. The highest BCUT2D eigenvalue weighted by atomic mass is 32.1. The van der Waals surface area contributed by atoms with Gasteiger partial charge in [0.1, 0.15) is 23.7 Å².